The Morgan fingerprint density at radius 2 is 1.88 bits per heavy atom. The standard InChI is InChI=1S/C17H24N2O4S/c1-12-11-24-16(17(22)23-3)15(12)18-14(21)10-19(9-13(2)20)7-5-4-6-8-19/h11H,4-10H2,1-3H3/p+1. The Labute approximate surface area is 146 Å². The summed E-state index contributed by atoms with van der Waals surface area (Å²) in [6, 6.07) is 0. The summed E-state index contributed by atoms with van der Waals surface area (Å²) in [6.07, 6.45) is 3.21. The smallest absolute Gasteiger partial charge is 0.350 e. The third-order valence-corrected chi connectivity index (χ3v) is 5.49. The molecule has 1 saturated heterocycles. The first-order valence-corrected chi connectivity index (χ1v) is 9.05. The number of nitrogens with zero attached hydrogens (tertiary/aromatic N) is 1. The fraction of sp³-hybridized carbons (Fsp3) is 0.588. The Balaban J connectivity index is 2.13. The van der Waals surface area contributed by atoms with Crippen molar-refractivity contribution in [2.45, 2.75) is 33.1 Å². The van der Waals surface area contributed by atoms with E-state index in [4.69, 9.17) is 4.74 Å². The van der Waals surface area contributed by atoms with E-state index in [0.29, 0.717) is 21.6 Å². The summed E-state index contributed by atoms with van der Waals surface area (Å²) in [5.74, 6) is -0.509. The Morgan fingerprint density at radius 1 is 1.21 bits per heavy atom. The number of nitrogens with one attached hydrogen (secondary N) is 1. The highest BCUT2D eigenvalue weighted by Gasteiger charge is 2.34. The number of methoxy groups -OCH3 is 1. The number of hydrogen-bond acceptors (Lipinski definition) is 5. The van der Waals surface area contributed by atoms with E-state index in [2.05, 4.69) is 5.32 Å². The molecular weight excluding hydrogens is 328 g/mol. The number of likely N-dealkylation sites (tertiary alicyclic amines) is 1. The highest BCUT2D eigenvalue weighted by atomic mass is 32.1. The van der Waals surface area contributed by atoms with Gasteiger partial charge in [-0.25, -0.2) is 4.79 Å². The molecule has 0 spiro atoms. The highest BCUT2D eigenvalue weighted by Crippen LogP contribution is 2.28. The van der Waals surface area contributed by atoms with Gasteiger partial charge in [0.2, 0.25) is 0 Å². The van der Waals surface area contributed by atoms with E-state index < -0.39 is 5.97 Å². The average molecular weight is 353 g/mol. The quantitative estimate of drug-likeness (QED) is 0.629. The van der Waals surface area contributed by atoms with Crippen LogP contribution in [0.4, 0.5) is 5.69 Å². The maximum Gasteiger partial charge on any atom is 0.350 e. The Bertz CT molecular complexity index is 633. The van der Waals surface area contributed by atoms with Crippen LogP contribution in [0.15, 0.2) is 5.38 Å². The van der Waals surface area contributed by atoms with Crippen molar-refractivity contribution in [3.05, 3.63) is 15.8 Å². The largest absolute Gasteiger partial charge is 0.465 e. The molecule has 0 aromatic carbocycles. The molecule has 0 aliphatic carbocycles. The van der Waals surface area contributed by atoms with Crippen molar-refractivity contribution in [3.8, 4) is 0 Å². The summed E-state index contributed by atoms with van der Waals surface area (Å²) in [7, 11) is 1.32. The zero-order valence-corrected chi connectivity index (χ0v) is 15.3. The van der Waals surface area contributed by atoms with Gasteiger partial charge in [-0.05, 0) is 37.1 Å². The minimum Gasteiger partial charge on any atom is -0.465 e. The molecule has 1 N–H and O–H groups in total. The monoisotopic (exact) mass is 353 g/mol. The zero-order chi connectivity index (χ0) is 17.7. The second-order valence-corrected chi connectivity index (χ2v) is 7.41. The number of rotatable bonds is 6. The lowest BCUT2D eigenvalue weighted by molar-refractivity contribution is -0.917. The van der Waals surface area contributed by atoms with Gasteiger partial charge in [0.05, 0.1) is 25.9 Å². The summed E-state index contributed by atoms with van der Waals surface area (Å²) >= 11 is 1.26. The maximum absolute atomic E-state index is 12.6. The molecule has 2 rings (SSSR count). The molecule has 1 aliphatic rings. The number of Topliss-reactive ketones (excluding diaryl/α,β-unsaturated/α-hetero) is 1. The molecule has 1 fully saturated rings. The van der Waals surface area contributed by atoms with Gasteiger partial charge in [0.25, 0.3) is 5.91 Å². The molecule has 132 valence electrons. The van der Waals surface area contributed by atoms with E-state index in [-0.39, 0.29) is 18.2 Å². The predicted octanol–water partition coefficient (Wildman–Crippen LogP) is 2.37. The van der Waals surface area contributed by atoms with Crippen molar-refractivity contribution >= 4 is 34.7 Å². The van der Waals surface area contributed by atoms with Crippen molar-refractivity contribution < 1.29 is 23.6 Å². The summed E-state index contributed by atoms with van der Waals surface area (Å²) in [5.41, 5.74) is 1.36. The zero-order valence-electron chi connectivity index (χ0n) is 14.5. The molecule has 0 atom stereocenters. The molecule has 0 radical (unpaired) electrons. The third-order valence-electron chi connectivity index (χ3n) is 4.41. The van der Waals surface area contributed by atoms with Gasteiger partial charge in [-0.15, -0.1) is 11.3 Å². The second kappa shape index (κ2) is 7.90. The van der Waals surface area contributed by atoms with Gasteiger partial charge in [0.1, 0.15) is 11.4 Å². The Morgan fingerprint density at radius 3 is 2.46 bits per heavy atom. The fourth-order valence-electron chi connectivity index (χ4n) is 3.35. The van der Waals surface area contributed by atoms with Gasteiger partial charge in [-0.1, -0.05) is 0 Å². The van der Waals surface area contributed by atoms with Crippen molar-refractivity contribution in [1.82, 2.24) is 0 Å². The maximum atomic E-state index is 12.6. The third kappa shape index (κ3) is 4.42. The van der Waals surface area contributed by atoms with Gasteiger partial charge in [-0.3, -0.25) is 9.59 Å². The predicted molar refractivity (Wildman–Crippen MR) is 93.3 cm³/mol. The Kier molecular flexibility index (Phi) is 6.12. The van der Waals surface area contributed by atoms with Crippen LogP contribution in [0.25, 0.3) is 0 Å². The molecule has 1 aliphatic heterocycles. The second-order valence-electron chi connectivity index (χ2n) is 6.53. The molecular formula is C17H25N2O4S+. The van der Waals surface area contributed by atoms with Crippen LogP contribution in [0.1, 0.15) is 41.4 Å². The lowest BCUT2D eigenvalue weighted by atomic mass is 10.1. The minimum absolute atomic E-state index is 0.103. The summed E-state index contributed by atoms with van der Waals surface area (Å²) in [4.78, 5) is 36.5. The van der Waals surface area contributed by atoms with Crippen molar-refractivity contribution in [1.29, 1.82) is 0 Å². The number of thiophene rings is 1. The lowest BCUT2D eigenvalue weighted by Gasteiger charge is -2.40. The van der Waals surface area contributed by atoms with E-state index in [1.54, 1.807) is 6.92 Å². The number of ketones is 1. The normalized spacial score (nSPS) is 16.5. The van der Waals surface area contributed by atoms with Crippen molar-refractivity contribution in [2.75, 3.05) is 38.6 Å². The molecule has 1 aromatic rings. The number of ether oxygens (including phenoxy) is 1. The first-order valence-electron chi connectivity index (χ1n) is 8.18. The van der Waals surface area contributed by atoms with Crippen LogP contribution >= 0.6 is 11.3 Å². The summed E-state index contributed by atoms with van der Waals surface area (Å²) in [5, 5.41) is 4.69. The van der Waals surface area contributed by atoms with Gasteiger partial charge in [0.15, 0.2) is 12.3 Å². The minimum atomic E-state index is -0.450. The van der Waals surface area contributed by atoms with E-state index in [0.717, 1.165) is 37.9 Å². The van der Waals surface area contributed by atoms with Crippen LogP contribution in [0.3, 0.4) is 0 Å². The van der Waals surface area contributed by atoms with Crippen LogP contribution in [0, 0.1) is 6.92 Å². The van der Waals surface area contributed by atoms with Gasteiger partial charge >= 0.3 is 5.97 Å². The van der Waals surface area contributed by atoms with E-state index >= 15 is 0 Å². The number of amides is 1. The molecule has 0 unspecified atom stereocenters. The molecule has 24 heavy (non-hydrogen) atoms. The number of aryl methyl sites for hydroxylation is 1. The van der Waals surface area contributed by atoms with Gasteiger partial charge in [0, 0.05) is 6.92 Å². The molecule has 6 nitrogen and oxygen atoms in total. The summed E-state index contributed by atoms with van der Waals surface area (Å²) in [6.45, 7) is 5.76. The van der Waals surface area contributed by atoms with Crippen LogP contribution in [-0.4, -0.2) is 55.4 Å². The molecule has 1 amide bonds. The van der Waals surface area contributed by atoms with Crippen LogP contribution in [-0.2, 0) is 14.3 Å². The van der Waals surface area contributed by atoms with E-state index in [1.807, 2.05) is 12.3 Å². The van der Waals surface area contributed by atoms with Crippen LogP contribution in [0.5, 0.6) is 0 Å². The number of quaternary nitrogens is 1. The average Bonchev–Trinajstić information content (AvgIpc) is 2.87. The molecule has 7 heteroatoms. The van der Waals surface area contributed by atoms with Gasteiger partial charge < -0.3 is 14.5 Å². The Hall–Kier alpha value is -1.73. The highest BCUT2D eigenvalue weighted by molar-refractivity contribution is 7.12. The van der Waals surface area contributed by atoms with E-state index in [1.165, 1.54) is 18.4 Å². The van der Waals surface area contributed by atoms with Crippen LogP contribution < -0.4 is 5.32 Å². The molecule has 0 bridgehead atoms. The number of esters is 1. The van der Waals surface area contributed by atoms with E-state index in [9.17, 15) is 14.4 Å². The number of hydrogen-bond donors (Lipinski definition) is 1. The fourth-order valence-corrected chi connectivity index (χ4v) is 4.28. The number of carbonyl (C=O) groups is 3. The first-order chi connectivity index (χ1) is 11.4. The number of piperidine rings is 1. The summed E-state index contributed by atoms with van der Waals surface area (Å²) < 4.78 is 5.28. The van der Waals surface area contributed by atoms with Crippen LogP contribution in [0.2, 0.25) is 0 Å². The number of anilines is 1. The topological polar surface area (TPSA) is 72.5 Å². The van der Waals surface area contributed by atoms with Crippen molar-refractivity contribution in [2.24, 2.45) is 0 Å². The van der Waals surface area contributed by atoms with Crippen molar-refractivity contribution in [3.63, 3.8) is 0 Å². The SMILES string of the molecule is COC(=O)c1scc(C)c1NC(=O)C[N+]1(CC(C)=O)CCCCC1. The lowest BCUT2D eigenvalue weighted by Crippen LogP contribution is -2.57. The van der Waals surface area contributed by atoms with Gasteiger partial charge in [-0.2, -0.15) is 0 Å². The molecule has 2 heterocycles. The first kappa shape index (κ1) is 18.6. The molecule has 0 saturated carbocycles. The molecule has 1 aromatic heterocycles. The number of carbonyl (C=O) groups excluding carboxylic acids is 3.